The maximum atomic E-state index is 9.92. The Morgan fingerprint density at radius 2 is 1.52 bits per heavy atom. The van der Waals surface area contributed by atoms with Crippen molar-refractivity contribution in [2.45, 2.75) is 118 Å². The van der Waals surface area contributed by atoms with Crippen molar-refractivity contribution in [3.63, 3.8) is 0 Å². The van der Waals surface area contributed by atoms with Gasteiger partial charge in [0.1, 0.15) is 17.1 Å². The van der Waals surface area contributed by atoms with Gasteiger partial charge in [0, 0.05) is 0 Å². The Kier molecular flexibility index (Phi) is 9.37. The maximum absolute atomic E-state index is 9.92. The Hall–Kier alpha value is -1.18. The van der Waals surface area contributed by atoms with Crippen molar-refractivity contribution in [2.24, 2.45) is 17.8 Å². The standard InChI is InChI=1S/C27H46O2/c1-20(2)10-7-11-21(3)12-8-13-22(4)14-9-16-27(6)17-15-24-19-25(28)23(5)18-26(24)29-27/h18-22,28H,7-17H2,1-6H3/t21-,22-,27-/m1/s1. The van der Waals surface area contributed by atoms with E-state index in [1.165, 1.54) is 51.4 Å². The summed E-state index contributed by atoms with van der Waals surface area (Å²) in [6.45, 7) is 13.7. The molecule has 2 rings (SSSR count). The largest absolute Gasteiger partial charge is 0.508 e. The van der Waals surface area contributed by atoms with Gasteiger partial charge in [-0.1, -0.05) is 72.6 Å². The zero-order valence-electron chi connectivity index (χ0n) is 20.0. The number of phenols is 1. The average Bonchev–Trinajstić information content (AvgIpc) is 2.63. The molecule has 1 aromatic rings. The van der Waals surface area contributed by atoms with Crippen molar-refractivity contribution >= 4 is 0 Å². The van der Waals surface area contributed by atoms with Gasteiger partial charge in [0.05, 0.1) is 0 Å². The van der Waals surface area contributed by atoms with Gasteiger partial charge in [-0.05, 0) is 80.5 Å². The van der Waals surface area contributed by atoms with Gasteiger partial charge >= 0.3 is 0 Å². The van der Waals surface area contributed by atoms with E-state index in [4.69, 9.17) is 4.74 Å². The van der Waals surface area contributed by atoms with E-state index in [0.29, 0.717) is 5.75 Å². The highest BCUT2D eigenvalue weighted by atomic mass is 16.5. The molecule has 0 spiro atoms. The highest BCUT2D eigenvalue weighted by molar-refractivity contribution is 5.46. The minimum Gasteiger partial charge on any atom is -0.508 e. The predicted molar refractivity (Wildman–Crippen MR) is 125 cm³/mol. The van der Waals surface area contributed by atoms with Crippen molar-refractivity contribution in [3.05, 3.63) is 23.3 Å². The summed E-state index contributed by atoms with van der Waals surface area (Å²) in [5.41, 5.74) is 2.00. The van der Waals surface area contributed by atoms with Crippen LogP contribution in [-0.4, -0.2) is 10.7 Å². The van der Waals surface area contributed by atoms with Gasteiger partial charge in [-0.25, -0.2) is 0 Å². The molecule has 0 aromatic heterocycles. The van der Waals surface area contributed by atoms with Crippen LogP contribution < -0.4 is 4.74 Å². The van der Waals surface area contributed by atoms with Crippen LogP contribution in [0.1, 0.15) is 110 Å². The summed E-state index contributed by atoms with van der Waals surface area (Å²) in [6.07, 6.45) is 14.1. The van der Waals surface area contributed by atoms with Crippen LogP contribution in [0.2, 0.25) is 0 Å². The molecule has 29 heavy (non-hydrogen) atoms. The highest BCUT2D eigenvalue weighted by Crippen LogP contribution is 2.39. The molecule has 0 fully saturated rings. The molecule has 1 aromatic carbocycles. The first-order valence-corrected chi connectivity index (χ1v) is 12.2. The van der Waals surface area contributed by atoms with Crippen LogP contribution in [0.15, 0.2) is 12.1 Å². The van der Waals surface area contributed by atoms with E-state index in [1.54, 1.807) is 0 Å². The lowest BCUT2D eigenvalue weighted by atomic mass is 9.86. The number of hydrogen-bond acceptors (Lipinski definition) is 2. The molecule has 0 bridgehead atoms. The Bertz CT molecular complexity index is 621. The lowest BCUT2D eigenvalue weighted by molar-refractivity contribution is 0.0522. The predicted octanol–water partition coefficient (Wildman–Crippen LogP) is 8.22. The van der Waals surface area contributed by atoms with Crippen LogP contribution in [0.4, 0.5) is 0 Å². The third-order valence-electron chi connectivity index (χ3n) is 6.93. The molecule has 0 radical (unpaired) electrons. The van der Waals surface area contributed by atoms with Gasteiger partial charge in [0.25, 0.3) is 0 Å². The molecule has 0 saturated carbocycles. The summed E-state index contributed by atoms with van der Waals surface area (Å²) >= 11 is 0. The molecule has 0 amide bonds. The zero-order chi connectivity index (χ0) is 21.4. The fourth-order valence-corrected chi connectivity index (χ4v) is 4.70. The molecule has 0 aliphatic carbocycles. The van der Waals surface area contributed by atoms with Crippen molar-refractivity contribution in [3.8, 4) is 11.5 Å². The first kappa shape index (κ1) is 24.1. The number of ether oxygens (including phenoxy) is 1. The Labute approximate surface area is 180 Å². The lowest BCUT2D eigenvalue weighted by Gasteiger charge is -2.36. The van der Waals surface area contributed by atoms with E-state index in [2.05, 4.69) is 34.6 Å². The second-order valence-corrected chi connectivity index (χ2v) is 10.7. The molecule has 0 unspecified atom stereocenters. The van der Waals surface area contributed by atoms with Crippen LogP contribution in [0.5, 0.6) is 11.5 Å². The Morgan fingerprint density at radius 1 is 0.931 bits per heavy atom. The molecule has 166 valence electrons. The number of phenolic OH excluding ortho intramolecular Hbond substituents is 1. The number of rotatable bonds is 12. The van der Waals surface area contributed by atoms with E-state index in [0.717, 1.165) is 53.9 Å². The monoisotopic (exact) mass is 402 g/mol. The molecule has 1 aliphatic rings. The van der Waals surface area contributed by atoms with Crippen LogP contribution in [-0.2, 0) is 6.42 Å². The zero-order valence-corrected chi connectivity index (χ0v) is 20.0. The number of benzene rings is 1. The second kappa shape index (κ2) is 11.3. The third-order valence-corrected chi connectivity index (χ3v) is 6.93. The van der Waals surface area contributed by atoms with Gasteiger partial charge in [-0.2, -0.15) is 0 Å². The molecular formula is C27H46O2. The summed E-state index contributed by atoms with van der Waals surface area (Å²) in [5.74, 6) is 3.92. The number of fused-ring (bicyclic) bond motifs is 1. The Balaban J connectivity index is 1.64. The molecule has 1 aliphatic heterocycles. The maximum Gasteiger partial charge on any atom is 0.123 e. The second-order valence-electron chi connectivity index (χ2n) is 10.7. The molecule has 0 saturated heterocycles. The Morgan fingerprint density at radius 3 is 2.14 bits per heavy atom. The average molecular weight is 403 g/mol. The van der Waals surface area contributed by atoms with E-state index < -0.39 is 0 Å². The molecule has 1 heterocycles. The summed E-state index contributed by atoms with van der Waals surface area (Å²) in [5, 5.41) is 9.92. The molecule has 1 N–H and O–H groups in total. The molecule has 3 atom stereocenters. The van der Waals surface area contributed by atoms with Crippen LogP contribution in [0, 0.1) is 24.7 Å². The minimum atomic E-state index is -0.0545. The van der Waals surface area contributed by atoms with E-state index in [9.17, 15) is 5.11 Å². The van der Waals surface area contributed by atoms with Crippen molar-refractivity contribution in [1.82, 2.24) is 0 Å². The summed E-state index contributed by atoms with van der Waals surface area (Å²) < 4.78 is 6.39. The summed E-state index contributed by atoms with van der Waals surface area (Å²) in [6, 6.07) is 3.89. The fraction of sp³-hybridized carbons (Fsp3) is 0.778. The van der Waals surface area contributed by atoms with Gasteiger partial charge in [0.15, 0.2) is 0 Å². The fourth-order valence-electron chi connectivity index (χ4n) is 4.70. The van der Waals surface area contributed by atoms with Crippen molar-refractivity contribution in [1.29, 1.82) is 0 Å². The normalized spacial score (nSPS) is 20.9. The molecular weight excluding hydrogens is 356 g/mol. The SMILES string of the molecule is Cc1cc2c(cc1O)CC[C@@](C)(CCC[C@H](C)CCC[C@H](C)CCCC(C)C)O2. The first-order valence-electron chi connectivity index (χ1n) is 12.2. The van der Waals surface area contributed by atoms with Crippen LogP contribution in [0.3, 0.4) is 0 Å². The summed E-state index contributed by atoms with van der Waals surface area (Å²) in [4.78, 5) is 0. The number of aromatic hydroxyl groups is 1. The quantitative estimate of drug-likeness (QED) is 0.381. The van der Waals surface area contributed by atoms with Crippen LogP contribution in [0.25, 0.3) is 0 Å². The third kappa shape index (κ3) is 8.22. The lowest BCUT2D eigenvalue weighted by Crippen LogP contribution is -2.36. The van der Waals surface area contributed by atoms with E-state index in [-0.39, 0.29) is 5.60 Å². The molecule has 2 nitrogen and oxygen atoms in total. The van der Waals surface area contributed by atoms with Crippen molar-refractivity contribution in [2.75, 3.05) is 0 Å². The van der Waals surface area contributed by atoms with Gasteiger partial charge in [0.2, 0.25) is 0 Å². The smallest absolute Gasteiger partial charge is 0.123 e. The molecule has 2 heteroatoms. The minimum absolute atomic E-state index is 0.0545. The van der Waals surface area contributed by atoms with Crippen LogP contribution >= 0.6 is 0 Å². The number of aryl methyl sites for hydroxylation is 2. The topological polar surface area (TPSA) is 29.5 Å². The van der Waals surface area contributed by atoms with Gasteiger partial charge < -0.3 is 9.84 Å². The van der Waals surface area contributed by atoms with E-state index in [1.807, 2.05) is 19.1 Å². The van der Waals surface area contributed by atoms with Gasteiger partial charge in [-0.3, -0.25) is 0 Å². The number of hydrogen-bond donors (Lipinski definition) is 1. The van der Waals surface area contributed by atoms with Gasteiger partial charge in [-0.15, -0.1) is 0 Å². The summed E-state index contributed by atoms with van der Waals surface area (Å²) in [7, 11) is 0. The highest BCUT2D eigenvalue weighted by Gasteiger charge is 2.31. The van der Waals surface area contributed by atoms with Crippen molar-refractivity contribution < 1.29 is 9.84 Å². The van der Waals surface area contributed by atoms with E-state index >= 15 is 0 Å². The first-order chi connectivity index (χ1) is 13.7.